The normalized spacial score (nSPS) is 11.6. The molecule has 0 atom stereocenters. The molecule has 0 radical (unpaired) electrons. The molecule has 0 saturated heterocycles. The Morgan fingerprint density at radius 3 is 1.43 bits per heavy atom. The zero-order valence-electron chi connectivity index (χ0n) is 30.6. The summed E-state index contributed by atoms with van der Waals surface area (Å²) < 4.78 is 6.54. The van der Waals surface area contributed by atoms with Crippen molar-refractivity contribution < 1.29 is 4.42 Å². The molecule has 2 heteroatoms. The lowest BCUT2D eigenvalue weighted by molar-refractivity contribution is 0.669. The van der Waals surface area contributed by atoms with Crippen LogP contribution < -0.4 is 4.90 Å². The van der Waals surface area contributed by atoms with Crippen molar-refractivity contribution in [1.29, 1.82) is 0 Å². The Hall–Kier alpha value is -7.42. The summed E-state index contributed by atoms with van der Waals surface area (Å²) in [5.74, 6) is 0. The van der Waals surface area contributed by atoms with Crippen molar-refractivity contribution >= 4 is 71.3 Å². The molecule has 2 nitrogen and oxygen atoms in total. The molecule has 0 aliphatic carbocycles. The van der Waals surface area contributed by atoms with Gasteiger partial charge in [-0.25, -0.2) is 0 Å². The van der Waals surface area contributed by atoms with Crippen LogP contribution in [0.5, 0.6) is 0 Å². The molecule has 10 aromatic carbocycles. The van der Waals surface area contributed by atoms with E-state index in [0.29, 0.717) is 0 Å². The van der Waals surface area contributed by atoms with Gasteiger partial charge in [-0.3, -0.25) is 0 Å². The molecule has 0 aliphatic rings. The molecule has 0 amide bonds. The van der Waals surface area contributed by atoms with Gasteiger partial charge in [0.2, 0.25) is 0 Å². The van der Waals surface area contributed by atoms with Crippen molar-refractivity contribution in [2.75, 3.05) is 4.90 Å². The van der Waals surface area contributed by atoms with Crippen LogP contribution in [0.4, 0.5) is 17.1 Å². The fourth-order valence-electron chi connectivity index (χ4n) is 8.41. The number of nitrogens with zero attached hydrogens (tertiary/aromatic N) is 1. The van der Waals surface area contributed by atoms with E-state index < -0.39 is 0 Å². The van der Waals surface area contributed by atoms with E-state index in [-0.39, 0.29) is 0 Å². The maximum Gasteiger partial charge on any atom is 0.137 e. The third-order valence-corrected chi connectivity index (χ3v) is 11.2. The first-order valence-electron chi connectivity index (χ1n) is 19.2. The molecule has 262 valence electrons. The van der Waals surface area contributed by atoms with Gasteiger partial charge in [-0.1, -0.05) is 152 Å². The number of furan rings is 1. The van der Waals surface area contributed by atoms with E-state index in [1.165, 1.54) is 65.7 Å². The molecule has 1 heterocycles. The molecule has 56 heavy (non-hydrogen) atoms. The Morgan fingerprint density at radius 2 is 0.750 bits per heavy atom. The summed E-state index contributed by atoms with van der Waals surface area (Å²) in [4.78, 5) is 2.32. The lowest BCUT2D eigenvalue weighted by Gasteiger charge is -2.26. The van der Waals surface area contributed by atoms with Crippen molar-refractivity contribution in [1.82, 2.24) is 0 Å². The molecule has 1 aromatic heterocycles. The van der Waals surface area contributed by atoms with Gasteiger partial charge >= 0.3 is 0 Å². The van der Waals surface area contributed by atoms with Crippen LogP contribution in [0.1, 0.15) is 0 Å². The van der Waals surface area contributed by atoms with Gasteiger partial charge in [-0.05, 0) is 120 Å². The Bertz CT molecular complexity index is 3210. The molecule has 0 bridgehead atoms. The van der Waals surface area contributed by atoms with Crippen molar-refractivity contribution in [3.05, 3.63) is 212 Å². The Labute approximate surface area is 325 Å². The maximum atomic E-state index is 6.54. The van der Waals surface area contributed by atoms with Gasteiger partial charge in [-0.15, -0.1) is 0 Å². The number of rotatable bonds is 6. The zero-order chi connectivity index (χ0) is 37.0. The summed E-state index contributed by atoms with van der Waals surface area (Å²) in [6, 6.07) is 76.4. The molecular formula is C54H35NO. The van der Waals surface area contributed by atoms with Crippen LogP contribution >= 0.6 is 0 Å². The highest BCUT2D eigenvalue weighted by molar-refractivity contribution is 6.14. The van der Waals surface area contributed by atoms with Crippen molar-refractivity contribution in [2.24, 2.45) is 0 Å². The fraction of sp³-hybridized carbons (Fsp3) is 0. The summed E-state index contributed by atoms with van der Waals surface area (Å²) in [5, 5.41) is 9.74. The van der Waals surface area contributed by atoms with Gasteiger partial charge < -0.3 is 9.32 Å². The minimum atomic E-state index is 0.870. The van der Waals surface area contributed by atoms with Gasteiger partial charge in [0.25, 0.3) is 0 Å². The summed E-state index contributed by atoms with van der Waals surface area (Å²) in [6.07, 6.45) is 0. The highest BCUT2D eigenvalue weighted by Crippen LogP contribution is 2.41. The number of hydrogen-bond acceptors (Lipinski definition) is 2. The third kappa shape index (κ3) is 5.51. The molecule has 0 spiro atoms. The summed E-state index contributed by atoms with van der Waals surface area (Å²) in [6.45, 7) is 0. The minimum absolute atomic E-state index is 0.870. The highest BCUT2D eigenvalue weighted by atomic mass is 16.3. The summed E-state index contributed by atoms with van der Waals surface area (Å²) in [5.41, 5.74) is 12.2. The lowest BCUT2D eigenvalue weighted by Crippen LogP contribution is -2.09. The average Bonchev–Trinajstić information content (AvgIpc) is 3.63. The molecule has 0 aliphatic heterocycles. The average molecular weight is 714 g/mol. The largest absolute Gasteiger partial charge is 0.456 e. The van der Waals surface area contributed by atoms with E-state index in [1.807, 2.05) is 0 Å². The first-order valence-corrected chi connectivity index (χ1v) is 19.2. The second-order valence-electron chi connectivity index (χ2n) is 14.5. The van der Waals surface area contributed by atoms with Crippen LogP contribution in [0.15, 0.2) is 217 Å². The smallest absolute Gasteiger partial charge is 0.137 e. The summed E-state index contributed by atoms with van der Waals surface area (Å²) >= 11 is 0. The van der Waals surface area contributed by atoms with Crippen LogP contribution in [0.3, 0.4) is 0 Å². The predicted molar refractivity (Wildman–Crippen MR) is 237 cm³/mol. The molecule has 0 N–H and O–H groups in total. The Kier molecular flexibility index (Phi) is 7.53. The quantitative estimate of drug-likeness (QED) is 0.160. The van der Waals surface area contributed by atoms with Gasteiger partial charge in [0.15, 0.2) is 0 Å². The second kappa shape index (κ2) is 13.2. The standard InChI is InChI=1S/C54H35NO/c1-2-10-36(11-3-1)38-22-26-44(27-23-38)55(46-30-31-50-52-32-41-12-4-5-13-42(41)34-53(52)56-54(50)35-46)45-28-24-39(25-29-45)37-18-20-40(21-19-37)51-33-43-14-6-7-15-47(43)48-16-8-9-17-49(48)51/h1-35H. The number of fused-ring (bicyclic) bond motifs is 7. The van der Waals surface area contributed by atoms with Crippen LogP contribution in [-0.4, -0.2) is 0 Å². The molecule has 0 saturated carbocycles. The predicted octanol–water partition coefficient (Wildman–Crippen LogP) is 15.5. The summed E-state index contributed by atoms with van der Waals surface area (Å²) in [7, 11) is 0. The van der Waals surface area contributed by atoms with Gasteiger partial charge in [0, 0.05) is 33.9 Å². The van der Waals surface area contributed by atoms with E-state index in [0.717, 1.165) is 39.0 Å². The van der Waals surface area contributed by atoms with Crippen LogP contribution in [-0.2, 0) is 0 Å². The number of hydrogen-bond donors (Lipinski definition) is 0. The van der Waals surface area contributed by atoms with Crippen molar-refractivity contribution in [2.45, 2.75) is 0 Å². The first kappa shape index (κ1) is 32.0. The van der Waals surface area contributed by atoms with E-state index in [9.17, 15) is 0 Å². The van der Waals surface area contributed by atoms with Gasteiger partial charge in [-0.2, -0.15) is 0 Å². The van der Waals surface area contributed by atoms with E-state index in [1.54, 1.807) is 0 Å². The minimum Gasteiger partial charge on any atom is -0.456 e. The molecule has 11 rings (SSSR count). The van der Waals surface area contributed by atoms with E-state index in [4.69, 9.17) is 4.42 Å². The Morgan fingerprint density at radius 1 is 0.268 bits per heavy atom. The molecule has 11 aromatic rings. The zero-order valence-corrected chi connectivity index (χ0v) is 30.6. The van der Waals surface area contributed by atoms with Crippen LogP contribution in [0.2, 0.25) is 0 Å². The van der Waals surface area contributed by atoms with Crippen LogP contribution in [0.25, 0.3) is 87.6 Å². The van der Waals surface area contributed by atoms with Crippen molar-refractivity contribution in [3.63, 3.8) is 0 Å². The third-order valence-electron chi connectivity index (χ3n) is 11.2. The monoisotopic (exact) mass is 713 g/mol. The SMILES string of the molecule is c1ccc(-c2ccc(N(c3ccc(-c4ccc(-c5cc6ccccc6c6ccccc56)cc4)cc3)c3ccc4c(c3)oc3cc5ccccc5cc34)cc2)cc1. The lowest BCUT2D eigenvalue weighted by atomic mass is 9.92. The molecule has 0 unspecified atom stereocenters. The van der Waals surface area contributed by atoms with E-state index in [2.05, 4.69) is 217 Å². The van der Waals surface area contributed by atoms with E-state index >= 15 is 0 Å². The maximum absolute atomic E-state index is 6.54. The fourth-order valence-corrected chi connectivity index (χ4v) is 8.41. The molecule has 0 fully saturated rings. The van der Waals surface area contributed by atoms with Crippen molar-refractivity contribution in [3.8, 4) is 33.4 Å². The highest BCUT2D eigenvalue weighted by Gasteiger charge is 2.17. The topological polar surface area (TPSA) is 16.4 Å². The second-order valence-corrected chi connectivity index (χ2v) is 14.5. The van der Waals surface area contributed by atoms with Gasteiger partial charge in [0.1, 0.15) is 11.2 Å². The number of benzene rings is 10. The molecular weight excluding hydrogens is 679 g/mol. The Balaban J connectivity index is 0.969. The first-order chi connectivity index (χ1) is 27.7. The number of anilines is 3. The van der Waals surface area contributed by atoms with Crippen LogP contribution in [0, 0.1) is 0 Å². The van der Waals surface area contributed by atoms with Gasteiger partial charge in [0.05, 0.1) is 0 Å².